The minimum Gasteiger partial charge on any atom is -0.464 e. The predicted octanol–water partition coefficient (Wildman–Crippen LogP) is 3.98. The molecule has 0 bridgehead atoms. The number of pyridine rings is 1. The maximum Gasteiger partial charge on any atom is 0.354 e. The molecule has 1 aliphatic rings. The number of anilines is 1. The van der Waals surface area contributed by atoms with Crippen LogP contribution in [0.15, 0.2) is 52.3 Å². The molecule has 1 atom stereocenters. The average Bonchev–Trinajstić information content (AvgIpc) is 3.00. The highest BCUT2D eigenvalue weighted by Gasteiger charge is 2.33. The highest BCUT2D eigenvalue weighted by Crippen LogP contribution is 2.38. The van der Waals surface area contributed by atoms with E-state index in [1.165, 1.54) is 7.11 Å². The van der Waals surface area contributed by atoms with Crippen molar-refractivity contribution >= 4 is 44.9 Å². The molecule has 2 heterocycles. The SMILES string of the molecule is COC(=O)C1=NN(c2ccccc2Cl)C(c2ccc(Br)nc2)C1. The fourth-order valence-electron chi connectivity index (χ4n) is 2.45. The third kappa shape index (κ3) is 3.23. The van der Waals surface area contributed by atoms with Gasteiger partial charge in [0, 0.05) is 12.6 Å². The Morgan fingerprint density at radius 3 is 2.78 bits per heavy atom. The first-order chi connectivity index (χ1) is 11.1. The Hall–Kier alpha value is -1.92. The molecule has 0 saturated carbocycles. The first-order valence-electron chi connectivity index (χ1n) is 6.91. The number of rotatable bonds is 3. The van der Waals surface area contributed by atoms with Gasteiger partial charge in [0.1, 0.15) is 10.3 Å². The number of hydrazone groups is 1. The van der Waals surface area contributed by atoms with Crippen LogP contribution < -0.4 is 5.01 Å². The van der Waals surface area contributed by atoms with Gasteiger partial charge in [0.15, 0.2) is 0 Å². The third-order valence-corrected chi connectivity index (χ3v) is 4.35. The first-order valence-corrected chi connectivity index (χ1v) is 8.08. The van der Waals surface area contributed by atoms with Gasteiger partial charge in [0.25, 0.3) is 0 Å². The molecule has 5 nitrogen and oxygen atoms in total. The van der Waals surface area contributed by atoms with E-state index in [1.54, 1.807) is 17.3 Å². The molecule has 0 spiro atoms. The second-order valence-corrected chi connectivity index (χ2v) is 6.19. The lowest BCUT2D eigenvalue weighted by molar-refractivity contribution is -0.132. The highest BCUT2D eigenvalue weighted by molar-refractivity contribution is 9.10. The van der Waals surface area contributed by atoms with Crippen molar-refractivity contribution in [1.29, 1.82) is 0 Å². The normalized spacial score (nSPS) is 17.1. The minimum atomic E-state index is -0.436. The number of nitrogens with zero attached hydrogens (tertiary/aromatic N) is 3. The number of carbonyl (C=O) groups is 1. The zero-order valence-electron chi connectivity index (χ0n) is 12.2. The number of hydrogen-bond donors (Lipinski definition) is 0. The van der Waals surface area contributed by atoms with Gasteiger partial charge in [-0.25, -0.2) is 9.78 Å². The topological polar surface area (TPSA) is 54.8 Å². The van der Waals surface area contributed by atoms with Crippen molar-refractivity contribution < 1.29 is 9.53 Å². The molecule has 118 valence electrons. The van der Waals surface area contributed by atoms with Crippen molar-refractivity contribution in [1.82, 2.24) is 4.98 Å². The van der Waals surface area contributed by atoms with Crippen LogP contribution in [0, 0.1) is 0 Å². The summed E-state index contributed by atoms with van der Waals surface area (Å²) in [6.07, 6.45) is 2.19. The summed E-state index contributed by atoms with van der Waals surface area (Å²) in [6.45, 7) is 0. The van der Waals surface area contributed by atoms with Crippen molar-refractivity contribution in [2.24, 2.45) is 5.10 Å². The first kappa shape index (κ1) is 16.0. The quantitative estimate of drug-likeness (QED) is 0.584. The fraction of sp³-hybridized carbons (Fsp3) is 0.188. The van der Waals surface area contributed by atoms with Gasteiger partial charge in [-0.2, -0.15) is 5.10 Å². The van der Waals surface area contributed by atoms with Crippen molar-refractivity contribution in [2.75, 3.05) is 12.1 Å². The maximum absolute atomic E-state index is 11.9. The Labute approximate surface area is 147 Å². The molecular formula is C16H13BrClN3O2. The van der Waals surface area contributed by atoms with Crippen LogP contribution in [0.1, 0.15) is 18.0 Å². The Morgan fingerprint density at radius 2 is 2.13 bits per heavy atom. The second-order valence-electron chi connectivity index (χ2n) is 4.97. The number of hydrogen-bond acceptors (Lipinski definition) is 5. The molecule has 0 aliphatic carbocycles. The molecule has 0 N–H and O–H groups in total. The van der Waals surface area contributed by atoms with Gasteiger partial charge in [-0.3, -0.25) is 5.01 Å². The molecule has 23 heavy (non-hydrogen) atoms. The zero-order valence-corrected chi connectivity index (χ0v) is 14.6. The Balaban J connectivity index is 2.02. The minimum absolute atomic E-state index is 0.162. The van der Waals surface area contributed by atoms with Crippen LogP contribution in [0.3, 0.4) is 0 Å². The van der Waals surface area contributed by atoms with Crippen LogP contribution in [0.2, 0.25) is 5.02 Å². The molecule has 1 unspecified atom stereocenters. The molecule has 3 rings (SSSR count). The molecule has 1 aromatic carbocycles. The second kappa shape index (κ2) is 6.68. The van der Waals surface area contributed by atoms with E-state index in [0.717, 1.165) is 15.9 Å². The summed E-state index contributed by atoms with van der Waals surface area (Å²) in [6, 6.07) is 11.0. The van der Waals surface area contributed by atoms with Crippen LogP contribution in [0.5, 0.6) is 0 Å². The summed E-state index contributed by atoms with van der Waals surface area (Å²) < 4.78 is 5.55. The molecule has 0 fully saturated rings. The van der Waals surface area contributed by atoms with E-state index in [4.69, 9.17) is 16.3 Å². The summed E-state index contributed by atoms with van der Waals surface area (Å²) in [4.78, 5) is 16.1. The average molecular weight is 395 g/mol. The Kier molecular flexibility index (Phi) is 4.63. The van der Waals surface area contributed by atoms with Gasteiger partial charge in [0.05, 0.1) is 23.9 Å². The van der Waals surface area contributed by atoms with E-state index in [1.807, 2.05) is 30.3 Å². The maximum atomic E-state index is 11.9. The van der Waals surface area contributed by atoms with Gasteiger partial charge in [-0.15, -0.1) is 0 Å². The largest absolute Gasteiger partial charge is 0.464 e. The number of aromatic nitrogens is 1. The van der Waals surface area contributed by atoms with Gasteiger partial charge in [0.2, 0.25) is 0 Å². The van der Waals surface area contributed by atoms with Crippen molar-refractivity contribution in [3.8, 4) is 0 Å². The van der Waals surface area contributed by atoms with Crippen LogP contribution >= 0.6 is 27.5 Å². The van der Waals surface area contributed by atoms with E-state index < -0.39 is 5.97 Å². The molecule has 0 radical (unpaired) electrons. The molecule has 0 saturated heterocycles. The lowest BCUT2D eigenvalue weighted by Gasteiger charge is -2.24. The van der Waals surface area contributed by atoms with Gasteiger partial charge in [-0.1, -0.05) is 29.8 Å². The van der Waals surface area contributed by atoms with Crippen LogP contribution in [-0.4, -0.2) is 23.8 Å². The Morgan fingerprint density at radius 1 is 1.35 bits per heavy atom. The van der Waals surface area contributed by atoms with Crippen molar-refractivity contribution in [3.05, 3.63) is 57.8 Å². The van der Waals surface area contributed by atoms with Gasteiger partial charge >= 0.3 is 5.97 Å². The van der Waals surface area contributed by atoms with E-state index in [0.29, 0.717) is 17.2 Å². The number of ether oxygens (including phenoxy) is 1. The summed E-state index contributed by atoms with van der Waals surface area (Å²) >= 11 is 9.62. The van der Waals surface area contributed by atoms with E-state index in [-0.39, 0.29) is 6.04 Å². The van der Waals surface area contributed by atoms with E-state index in [9.17, 15) is 4.79 Å². The summed E-state index contributed by atoms with van der Waals surface area (Å²) in [5.41, 5.74) is 2.04. The van der Waals surface area contributed by atoms with Crippen molar-refractivity contribution in [2.45, 2.75) is 12.5 Å². The van der Waals surface area contributed by atoms with Crippen LogP contribution in [0.4, 0.5) is 5.69 Å². The number of carbonyl (C=O) groups excluding carboxylic acids is 1. The summed E-state index contributed by atoms with van der Waals surface area (Å²) in [7, 11) is 1.35. The monoisotopic (exact) mass is 393 g/mol. The number of halogens is 2. The number of methoxy groups -OCH3 is 1. The fourth-order valence-corrected chi connectivity index (χ4v) is 2.91. The molecular weight excluding hydrogens is 382 g/mol. The molecule has 1 aliphatic heterocycles. The number of benzene rings is 1. The van der Waals surface area contributed by atoms with Gasteiger partial charge in [-0.05, 0) is 39.7 Å². The highest BCUT2D eigenvalue weighted by atomic mass is 79.9. The lowest BCUT2D eigenvalue weighted by atomic mass is 10.0. The lowest BCUT2D eigenvalue weighted by Crippen LogP contribution is -2.19. The van der Waals surface area contributed by atoms with Crippen molar-refractivity contribution in [3.63, 3.8) is 0 Å². The van der Waals surface area contributed by atoms with Crippen LogP contribution in [-0.2, 0) is 9.53 Å². The Bertz CT molecular complexity index is 764. The van der Waals surface area contributed by atoms with Gasteiger partial charge < -0.3 is 4.74 Å². The van der Waals surface area contributed by atoms with E-state index >= 15 is 0 Å². The molecule has 1 aromatic heterocycles. The molecule has 0 amide bonds. The number of para-hydroxylation sites is 1. The smallest absolute Gasteiger partial charge is 0.354 e. The van der Waals surface area contributed by atoms with E-state index in [2.05, 4.69) is 26.0 Å². The predicted molar refractivity (Wildman–Crippen MR) is 92.7 cm³/mol. The molecule has 2 aromatic rings. The summed E-state index contributed by atoms with van der Waals surface area (Å²) in [5.74, 6) is -0.436. The zero-order chi connectivity index (χ0) is 16.4. The number of esters is 1. The summed E-state index contributed by atoms with van der Waals surface area (Å²) in [5, 5.41) is 6.74. The van der Waals surface area contributed by atoms with Crippen LogP contribution in [0.25, 0.3) is 0 Å². The standard InChI is InChI=1S/C16H13BrClN3O2/c1-23-16(22)12-8-14(10-6-7-15(17)19-9-10)21(20-12)13-5-3-2-4-11(13)18/h2-7,9,14H,8H2,1H3. The molecule has 7 heteroatoms. The third-order valence-electron chi connectivity index (χ3n) is 3.57.